The predicted molar refractivity (Wildman–Crippen MR) is 83.8 cm³/mol. The largest absolute Gasteiger partial charge is 0.497 e. The average molecular weight is 300 g/mol. The minimum atomic E-state index is -0.570. The zero-order chi connectivity index (χ0) is 15.9. The molecule has 22 heavy (non-hydrogen) atoms. The van der Waals surface area contributed by atoms with Crippen molar-refractivity contribution in [3.05, 3.63) is 54.4 Å². The molecule has 1 atom stereocenters. The van der Waals surface area contributed by atoms with E-state index in [9.17, 15) is 4.79 Å². The van der Waals surface area contributed by atoms with Crippen molar-refractivity contribution in [3.8, 4) is 11.5 Å². The Labute approximate surface area is 130 Å². The maximum absolute atomic E-state index is 12.4. The van der Waals surface area contributed by atoms with Crippen molar-refractivity contribution in [2.75, 3.05) is 14.2 Å². The van der Waals surface area contributed by atoms with Gasteiger partial charge in [0.25, 0.3) is 5.91 Å². The second-order valence-corrected chi connectivity index (χ2v) is 4.99. The van der Waals surface area contributed by atoms with Crippen LogP contribution in [0.5, 0.6) is 11.5 Å². The Morgan fingerprint density at radius 1 is 1.27 bits per heavy atom. The number of carbonyl (C=O) groups is 1. The molecule has 1 heterocycles. The van der Waals surface area contributed by atoms with Crippen LogP contribution in [0.2, 0.25) is 0 Å². The van der Waals surface area contributed by atoms with Gasteiger partial charge < -0.3 is 14.4 Å². The second-order valence-electron chi connectivity index (χ2n) is 4.99. The summed E-state index contributed by atoms with van der Waals surface area (Å²) < 4.78 is 10.8. The van der Waals surface area contributed by atoms with Crippen LogP contribution in [-0.2, 0) is 11.3 Å². The molecule has 0 saturated heterocycles. The Balaban J connectivity index is 1.96. The highest BCUT2D eigenvalue weighted by Crippen LogP contribution is 2.15. The standard InChI is InChI=1S/C17H20N2O3/c1-13(22-16-8-5-9-18-11-16)17(20)19(2)12-14-6-4-7-15(10-14)21-3/h4-11,13H,12H2,1-3H3/t13-/m1/s1. The molecule has 0 radical (unpaired) electrons. The molecule has 2 aromatic rings. The fourth-order valence-corrected chi connectivity index (χ4v) is 2.10. The highest BCUT2D eigenvalue weighted by molar-refractivity contribution is 5.80. The lowest BCUT2D eigenvalue weighted by Gasteiger charge is -2.22. The van der Waals surface area contributed by atoms with Crippen LogP contribution in [0, 0.1) is 0 Å². The number of aromatic nitrogens is 1. The van der Waals surface area contributed by atoms with Crippen LogP contribution in [-0.4, -0.2) is 36.1 Å². The van der Waals surface area contributed by atoms with E-state index in [0.29, 0.717) is 12.3 Å². The lowest BCUT2D eigenvalue weighted by molar-refractivity contribution is -0.137. The highest BCUT2D eigenvalue weighted by Gasteiger charge is 2.19. The van der Waals surface area contributed by atoms with E-state index in [-0.39, 0.29) is 5.91 Å². The molecule has 0 aliphatic carbocycles. The lowest BCUT2D eigenvalue weighted by atomic mass is 10.2. The van der Waals surface area contributed by atoms with Gasteiger partial charge in [0.15, 0.2) is 6.10 Å². The minimum absolute atomic E-state index is 0.0910. The van der Waals surface area contributed by atoms with E-state index in [0.717, 1.165) is 11.3 Å². The molecule has 0 fully saturated rings. The first kappa shape index (κ1) is 15.8. The fraction of sp³-hybridized carbons (Fsp3) is 0.294. The lowest BCUT2D eigenvalue weighted by Crippen LogP contribution is -2.37. The molecule has 0 unspecified atom stereocenters. The number of ether oxygens (including phenoxy) is 2. The van der Waals surface area contributed by atoms with E-state index < -0.39 is 6.10 Å². The van der Waals surface area contributed by atoms with Crippen LogP contribution in [0.4, 0.5) is 0 Å². The first-order valence-corrected chi connectivity index (χ1v) is 7.04. The first-order chi connectivity index (χ1) is 10.6. The van der Waals surface area contributed by atoms with Crippen molar-refractivity contribution in [2.24, 2.45) is 0 Å². The van der Waals surface area contributed by atoms with Crippen LogP contribution < -0.4 is 9.47 Å². The van der Waals surface area contributed by atoms with Gasteiger partial charge in [0.05, 0.1) is 13.3 Å². The number of rotatable bonds is 6. The van der Waals surface area contributed by atoms with Crippen molar-refractivity contribution in [1.29, 1.82) is 0 Å². The van der Waals surface area contributed by atoms with Crippen LogP contribution >= 0.6 is 0 Å². The molecule has 1 aromatic carbocycles. The average Bonchev–Trinajstić information content (AvgIpc) is 2.55. The molecule has 0 saturated carbocycles. The van der Waals surface area contributed by atoms with E-state index in [1.54, 1.807) is 50.5 Å². The molecule has 5 nitrogen and oxygen atoms in total. The smallest absolute Gasteiger partial charge is 0.263 e. The summed E-state index contributed by atoms with van der Waals surface area (Å²) in [5.41, 5.74) is 1.00. The summed E-state index contributed by atoms with van der Waals surface area (Å²) in [5, 5.41) is 0. The molecule has 1 amide bonds. The number of amides is 1. The van der Waals surface area contributed by atoms with E-state index in [1.165, 1.54) is 0 Å². The molecule has 116 valence electrons. The molecule has 1 aromatic heterocycles. The normalized spacial score (nSPS) is 11.6. The summed E-state index contributed by atoms with van der Waals surface area (Å²) in [6, 6.07) is 11.2. The van der Waals surface area contributed by atoms with E-state index >= 15 is 0 Å². The summed E-state index contributed by atoms with van der Waals surface area (Å²) in [5.74, 6) is 1.27. The van der Waals surface area contributed by atoms with Crippen molar-refractivity contribution in [1.82, 2.24) is 9.88 Å². The van der Waals surface area contributed by atoms with E-state index in [1.807, 2.05) is 24.3 Å². The number of methoxy groups -OCH3 is 1. The zero-order valence-electron chi connectivity index (χ0n) is 13.0. The Kier molecular flexibility index (Phi) is 5.36. The van der Waals surface area contributed by atoms with Crippen molar-refractivity contribution >= 4 is 5.91 Å². The molecule has 0 N–H and O–H groups in total. The van der Waals surface area contributed by atoms with Gasteiger partial charge in [-0.25, -0.2) is 0 Å². The van der Waals surface area contributed by atoms with Crippen LogP contribution in [0.3, 0.4) is 0 Å². The van der Waals surface area contributed by atoms with Crippen LogP contribution in [0.1, 0.15) is 12.5 Å². The molecule has 0 bridgehead atoms. The topological polar surface area (TPSA) is 51.7 Å². The number of hydrogen-bond acceptors (Lipinski definition) is 4. The third-order valence-electron chi connectivity index (χ3n) is 3.23. The van der Waals surface area contributed by atoms with Gasteiger partial charge in [-0.1, -0.05) is 12.1 Å². The van der Waals surface area contributed by atoms with Gasteiger partial charge in [-0.2, -0.15) is 0 Å². The summed E-state index contributed by atoms with van der Waals surface area (Å²) in [6.45, 7) is 2.23. The summed E-state index contributed by atoms with van der Waals surface area (Å²) >= 11 is 0. The maximum Gasteiger partial charge on any atom is 0.263 e. The van der Waals surface area contributed by atoms with Crippen molar-refractivity contribution in [2.45, 2.75) is 19.6 Å². The van der Waals surface area contributed by atoms with Crippen molar-refractivity contribution in [3.63, 3.8) is 0 Å². The molecule has 0 aliphatic heterocycles. The van der Waals surface area contributed by atoms with E-state index in [4.69, 9.17) is 9.47 Å². The summed E-state index contributed by atoms with van der Waals surface area (Å²) in [7, 11) is 3.38. The van der Waals surface area contributed by atoms with E-state index in [2.05, 4.69) is 4.98 Å². The number of carbonyl (C=O) groups excluding carboxylic acids is 1. The second kappa shape index (κ2) is 7.45. The summed E-state index contributed by atoms with van der Waals surface area (Å²) in [4.78, 5) is 18.0. The Morgan fingerprint density at radius 3 is 2.73 bits per heavy atom. The molecular weight excluding hydrogens is 280 g/mol. The van der Waals surface area contributed by atoms with Crippen molar-refractivity contribution < 1.29 is 14.3 Å². The van der Waals surface area contributed by atoms with Gasteiger partial charge in [0, 0.05) is 19.8 Å². The Bertz CT molecular complexity index is 616. The third-order valence-corrected chi connectivity index (χ3v) is 3.23. The Morgan fingerprint density at radius 2 is 2.05 bits per heavy atom. The number of nitrogens with zero attached hydrogens (tertiary/aromatic N) is 2. The highest BCUT2D eigenvalue weighted by atomic mass is 16.5. The first-order valence-electron chi connectivity index (χ1n) is 7.04. The van der Waals surface area contributed by atoms with Gasteiger partial charge in [0.2, 0.25) is 0 Å². The Hall–Kier alpha value is -2.56. The van der Waals surface area contributed by atoms with Gasteiger partial charge in [-0.05, 0) is 36.8 Å². The van der Waals surface area contributed by atoms with Gasteiger partial charge in [-0.15, -0.1) is 0 Å². The van der Waals surface area contributed by atoms with Crippen LogP contribution in [0.15, 0.2) is 48.8 Å². The number of hydrogen-bond donors (Lipinski definition) is 0. The third kappa shape index (κ3) is 4.22. The number of benzene rings is 1. The quantitative estimate of drug-likeness (QED) is 0.822. The molecule has 5 heteroatoms. The number of pyridine rings is 1. The maximum atomic E-state index is 12.4. The monoisotopic (exact) mass is 300 g/mol. The van der Waals surface area contributed by atoms with Gasteiger partial charge in [-0.3, -0.25) is 9.78 Å². The number of likely N-dealkylation sites (N-methyl/N-ethyl adjacent to an activating group) is 1. The molecular formula is C17H20N2O3. The minimum Gasteiger partial charge on any atom is -0.497 e. The predicted octanol–water partition coefficient (Wildman–Crippen LogP) is 2.52. The zero-order valence-corrected chi connectivity index (χ0v) is 13.0. The molecule has 2 rings (SSSR count). The van der Waals surface area contributed by atoms with Crippen LogP contribution in [0.25, 0.3) is 0 Å². The fourth-order valence-electron chi connectivity index (χ4n) is 2.10. The van der Waals surface area contributed by atoms with Gasteiger partial charge in [0.1, 0.15) is 11.5 Å². The molecule has 0 spiro atoms. The summed E-state index contributed by atoms with van der Waals surface area (Å²) in [6.07, 6.45) is 2.68. The SMILES string of the molecule is COc1cccc(CN(C)C(=O)[C@@H](C)Oc2cccnc2)c1. The molecule has 0 aliphatic rings. The van der Waals surface area contributed by atoms with Gasteiger partial charge >= 0.3 is 0 Å².